The summed E-state index contributed by atoms with van der Waals surface area (Å²) >= 11 is 0. The maximum absolute atomic E-state index is 10.6. The van der Waals surface area contributed by atoms with Crippen LogP contribution in [0.25, 0.3) is 0 Å². The molecule has 0 saturated carbocycles. The third kappa shape index (κ3) is 3.58. The number of hydrogen-bond donors (Lipinski definition) is 1. The molecule has 0 radical (unpaired) electrons. The summed E-state index contributed by atoms with van der Waals surface area (Å²) in [5.74, 6) is 0.360. The molecule has 28 heavy (non-hydrogen) atoms. The first-order valence-electron chi connectivity index (χ1n) is 10.0. The van der Waals surface area contributed by atoms with Gasteiger partial charge >= 0.3 is 0 Å². The summed E-state index contributed by atoms with van der Waals surface area (Å²) in [6, 6.07) is 21.7. The lowest BCUT2D eigenvalue weighted by Gasteiger charge is -2.36. The topological polar surface area (TPSA) is 20.2 Å². The molecular weight excluding hydrogens is 340 g/mol. The molecule has 0 aliphatic heterocycles. The van der Waals surface area contributed by atoms with Crippen molar-refractivity contribution in [1.82, 2.24) is 0 Å². The van der Waals surface area contributed by atoms with Crippen LogP contribution >= 0.6 is 0 Å². The fourth-order valence-corrected chi connectivity index (χ4v) is 3.98. The maximum atomic E-state index is 10.6. The molecule has 0 heterocycles. The second-order valence-corrected chi connectivity index (χ2v) is 9.17. The standard InChI is InChI=1S/C27H32O/c1-18-8-12-21(13-9-18)26(4,5)23-16-20(3)25(28)17-24(23)27(6,7)22-14-10-19(2)11-15-22/h8-17,28H,1-7H3. The lowest BCUT2D eigenvalue weighted by atomic mass is 9.68. The van der Waals surface area contributed by atoms with Crippen molar-refractivity contribution < 1.29 is 5.11 Å². The summed E-state index contributed by atoms with van der Waals surface area (Å²) < 4.78 is 0. The first kappa shape index (κ1) is 20.2. The normalized spacial score (nSPS) is 12.2. The Morgan fingerprint density at radius 2 is 0.929 bits per heavy atom. The van der Waals surface area contributed by atoms with Crippen molar-refractivity contribution in [3.05, 3.63) is 99.6 Å². The zero-order valence-corrected chi connectivity index (χ0v) is 18.2. The van der Waals surface area contributed by atoms with E-state index in [1.807, 2.05) is 13.0 Å². The highest BCUT2D eigenvalue weighted by molar-refractivity contribution is 5.54. The number of rotatable bonds is 4. The smallest absolute Gasteiger partial charge is 0.118 e. The number of phenolic OH excluding ortho intramolecular Hbond substituents is 1. The van der Waals surface area contributed by atoms with Gasteiger partial charge in [-0.3, -0.25) is 0 Å². The zero-order chi connectivity index (χ0) is 20.7. The van der Waals surface area contributed by atoms with Crippen molar-refractivity contribution in [1.29, 1.82) is 0 Å². The quantitative estimate of drug-likeness (QED) is 0.524. The highest BCUT2D eigenvalue weighted by Crippen LogP contribution is 2.43. The van der Waals surface area contributed by atoms with Crippen LogP contribution in [0.1, 0.15) is 66.6 Å². The first-order chi connectivity index (χ1) is 13.0. The van der Waals surface area contributed by atoms with Crippen LogP contribution in [-0.2, 0) is 10.8 Å². The summed E-state index contributed by atoms with van der Waals surface area (Å²) in [6.45, 7) is 15.3. The van der Waals surface area contributed by atoms with E-state index in [2.05, 4.69) is 96.1 Å². The first-order valence-corrected chi connectivity index (χ1v) is 10.0. The van der Waals surface area contributed by atoms with E-state index in [1.54, 1.807) is 0 Å². The van der Waals surface area contributed by atoms with Gasteiger partial charge in [-0.15, -0.1) is 0 Å². The molecule has 0 aliphatic rings. The van der Waals surface area contributed by atoms with Crippen molar-refractivity contribution in [2.75, 3.05) is 0 Å². The van der Waals surface area contributed by atoms with Gasteiger partial charge < -0.3 is 5.11 Å². The SMILES string of the molecule is Cc1ccc(C(C)(C)c2cc(C)c(O)cc2C(C)(C)c2ccc(C)cc2)cc1. The lowest BCUT2D eigenvalue weighted by molar-refractivity contribution is 0.465. The summed E-state index contributed by atoms with van der Waals surface area (Å²) in [5.41, 5.74) is 8.00. The van der Waals surface area contributed by atoms with Crippen LogP contribution in [-0.4, -0.2) is 5.11 Å². The monoisotopic (exact) mass is 372 g/mol. The molecule has 0 saturated heterocycles. The van der Waals surface area contributed by atoms with Crippen molar-refractivity contribution in [3.63, 3.8) is 0 Å². The fraction of sp³-hybridized carbons (Fsp3) is 0.333. The van der Waals surface area contributed by atoms with E-state index in [4.69, 9.17) is 0 Å². The molecular formula is C27H32O. The molecule has 0 fully saturated rings. The van der Waals surface area contributed by atoms with Gasteiger partial charge in [0.05, 0.1) is 0 Å². The summed E-state index contributed by atoms with van der Waals surface area (Å²) in [6.07, 6.45) is 0. The van der Waals surface area contributed by atoms with E-state index in [0.29, 0.717) is 5.75 Å². The van der Waals surface area contributed by atoms with Crippen LogP contribution < -0.4 is 0 Å². The van der Waals surface area contributed by atoms with Gasteiger partial charge in [0.25, 0.3) is 0 Å². The Morgan fingerprint density at radius 3 is 1.32 bits per heavy atom. The Labute approximate surface area is 170 Å². The molecule has 3 aromatic rings. The Balaban J connectivity index is 2.23. The van der Waals surface area contributed by atoms with Crippen LogP contribution in [0.15, 0.2) is 60.7 Å². The fourth-order valence-electron chi connectivity index (χ4n) is 3.98. The molecule has 146 valence electrons. The van der Waals surface area contributed by atoms with E-state index in [-0.39, 0.29) is 10.8 Å². The summed E-state index contributed by atoms with van der Waals surface area (Å²) in [7, 11) is 0. The number of benzene rings is 3. The van der Waals surface area contributed by atoms with Gasteiger partial charge in [0.15, 0.2) is 0 Å². The summed E-state index contributed by atoms with van der Waals surface area (Å²) in [4.78, 5) is 0. The van der Waals surface area contributed by atoms with Crippen LogP contribution in [0.3, 0.4) is 0 Å². The molecule has 0 atom stereocenters. The average molecular weight is 373 g/mol. The van der Waals surface area contributed by atoms with Crippen molar-refractivity contribution in [2.24, 2.45) is 0 Å². The second-order valence-electron chi connectivity index (χ2n) is 9.17. The Morgan fingerprint density at radius 1 is 0.571 bits per heavy atom. The Hall–Kier alpha value is -2.54. The van der Waals surface area contributed by atoms with Crippen LogP contribution in [0.2, 0.25) is 0 Å². The highest BCUT2D eigenvalue weighted by atomic mass is 16.3. The van der Waals surface area contributed by atoms with Gasteiger partial charge in [-0.25, -0.2) is 0 Å². The van der Waals surface area contributed by atoms with Crippen molar-refractivity contribution in [2.45, 2.75) is 59.3 Å². The molecule has 0 aliphatic carbocycles. The lowest BCUT2D eigenvalue weighted by Crippen LogP contribution is -2.28. The van der Waals surface area contributed by atoms with E-state index >= 15 is 0 Å². The van der Waals surface area contributed by atoms with E-state index in [9.17, 15) is 5.11 Å². The number of hydrogen-bond acceptors (Lipinski definition) is 1. The third-order valence-electron chi connectivity index (χ3n) is 6.23. The van der Waals surface area contributed by atoms with Crippen molar-refractivity contribution >= 4 is 0 Å². The zero-order valence-electron chi connectivity index (χ0n) is 18.2. The predicted octanol–water partition coefficient (Wildman–Crippen LogP) is 6.97. The van der Waals surface area contributed by atoms with Gasteiger partial charge in [-0.05, 0) is 54.7 Å². The molecule has 3 aromatic carbocycles. The molecule has 1 N–H and O–H groups in total. The molecule has 1 nitrogen and oxygen atoms in total. The average Bonchev–Trinajstić information content (AvgIpc) is 2.64. The third-order valence-corrected chi connectivity index (χ3v) is 6.23. The predicted molar refractivity (Wildman–Crippen MR) is 119 cm³/mol. The van der Waals surface area contributed by atoms with Gasteiger partial charge in [-0.1, -0.05) is 93.4 Å². The van der Waals surface area contributed by atoms with Gasteiger partial charge in [0.2, 0.25) is 0 Å². The maximum Gasteiger partial charge on any atom is 0.118 e. The van der Waals surface area contributed by atoms with E-state index < -0.39 is 0 Å². The van der Waals surface area contributed by atoms with Crippen LogP contribution in [0, 0.1) is 20.8 Å². The van der Waals surface area contributed by atoms with E-state index in [0.717, 1.165) is 5.56 Å². The minimum Gasteiger partial charge on any atom is -0.508 e. The van der Waals surface area contributed by atoms with Gasteiger partial charge in [-0.2, -0.15) is 0 Å². The highest BCUT2D eigenvalue weighted by Gasteiger charge is 2.33. The molecule has 0 unspecified atom stereocenters. The molecule has 3 rings (SSSR count). The van der Waals surface area contributed by atoms with Crippen molar-refractivity contribution in [3.8, 4) is 5.75 Å². The van der Waals surface area contributed by atoms with Gasteiger partial charge in [0, 0.05) is 10.8 Å². The Kier molecular flexibility index (Phi) is 5.14. The molecule has 1 heteroatoms. The number of aromatic hydroxyl groups is 1. The largest absolute Gasteiger partial charge is 0.508 e. The number of aryl methyl sites for hydroxylation is 3. The Bertz CT molecular complexity index is 892. The van der Waals surface area contributed by atoms with Crippen LogP contribution in [0.5, 0.6) is 5.75 Å². The molecule has 0 spiro atoms. The van der Waals surface area contributed by atoms with Crippen LogP contribution in [0.4, 0.5) is 0 Å². The summed E-state index contributed by atoms with van der Waals surface area (Å²) in [5, 5.41) is 10.6. The molecule has 0 amide bonds. The number of phenols is 1. The molecule has 0 bridgehead atoms. The molecule has 0 aromatic heterocycles. The van der Waals surface area contributed by atoms with E-state index in [1.165, 1.54) is 33.4 Å². The minimum absolute atomic E-state index is 0.177. The second kappa shape index (κ2) is 7.13. The minimum atomic E-state index is -0.226. The van der Waals surface area contributed by atoms with Gasteiger partial charge in [0.1, 0.15) is 5.75 Å².